The van der Waals surface area contributed by atoms with Gasteiger partial charge in [0.2, 0.25) is 5.88 Å². The van der Waals surface area contributed by atoms with E-state index in [2.05, 4.69) is 43.8 Å². The van der Waals surface area contributed by atoms with Crippen molar-refractivity contribution in [3.63, 3.8) is 0 Å². The number of rotatable bonds is 10. The van der Waals surface area contributed by atoms with E-state index in [1.807, 2.05) is 19.3 Å². The summed E-state index contributed by atoms with van der Waals surface area (Å²) < 4.78 is 5.21. The molecule has 0 saturated carbocycles. The molecule has 0 N–H and O–H groups in total. The zero-order valence-electron chi connectivity index (χ0n) is 18.2. The van der Waals surface area contributed by atoms with Gasteiger partial charge in [0, 0.05) is 54.9 Å². The van der Waals surface area contributed by atoms with Gasteiger partial charge >= 0.3 is 0 Å². The first kappa shape index (κ1) is 21.7. The first-order valence-electron chi connectivity index (χ1n) is 10.5. The van der Waals surface area contributed by atoms with Crippen LogP contribution in [0.1, 0.15) is 80.1 Å². The Labute approximate surface area is 178 Å². The van der Waals surface area contributed by atoms with Gasteiger partial charge in [-0.2, -0.15) is 0 Å². The molecule has 3 heterocycles. The summed E-state index contributed by atoms with van der Waals surface area (Å²) in [6.07, 6.45) is 16.4. The van der Waals surface area contributed by atoms with Crippen molar-refractivity contribution in [2.45, 2.75) is 64.2 Å². The van der Waals surface area contributed by atoms with Gasteiger partial charge in [0.05, 0.1) is 36.1 Å². The Morgan fingerprint density at radius 2 is 1.47 bits per heavy atom. The number of ether oxygens (including phenoxy) is 1. The molecule has 158 valence electrons. The SMILES string of the molecule is COc1cncc(C(C)CCC(CCC(C)c2nccnc2C)c2cnccn2)n1. The maximum atomic E-state index is 5.21. The monoisotopic (exact) mass is 406 g/mol. The molecule has 3 aromatic heterocycles. The third-order valence-electron chi connectivity index (χ3n) is 5.63. The molecule has 3 unspecified atom stereocenters. The van der Waals surface area contributed by atoms with E-state index in [-0.39, 0.29) is 5.92 Å². The zero-order valence-corrected chi connectivity index (χ0v) is 18.2. The largest absolute Gasteiger partial charge is 0.480 e. The minimum atomic E-state index is 0.284. The minimum absolute atomic E-state index is 0.284. The summed E-state index contributed by atoms with van der Waals surface area (Å²) in [5, 5.41) is 0. The fourth-order valence-corrected chi connectivity index (χ4v) is 3.75. The van der Waals surface area contributed by atoms with Crippen molar-refractivity contribution in [2.75, 3.05) is 7.11 Å². The van der Waals surface area contributed by atoms with E-state index >= 15 is 0 Å². The minimum Gasteiger partial charge on any atom is -0.480 e. The predicted molar refractivity (Wildman–Crippen MR) is 115 cm³/mol. The van der Waals surface area contributed by atoms with Crippen LogP contribution in [0, 0.1) is 6.92 Å². The molecule has 30 heavy (non-hydrogen) atoms. The molecule has 0 bridgehead atoms. The zero-order chi connectivity index (χ0) is 21.3. The van der Waals surface area contributed by atoms with Gasteiger partial charge < -0.3 is 4.74 Å². The summed E-state index contributed by atoms with van der Waals surface area (Å²) in [6.45, 7) is 6.43. The van der Waals surface area contributed by atoms with Crippen molar-refractivity contribution >= 4 is 0 Å². The van der Waals surface area contributed by atoms with Crippen LogP contribution in [0.4, 0.5) is 0 Å². The Bertz CT molecular complexity index is 920. The Hall–Kier alpha value is -2.96. The summed E-state index contributed by atoms with van der Waals surface area (Å²) in [7, 11) is 1.61. The molecule has 0 spiro atoms. The van der Waals surface area contributed by atoms with E-state index in [1.54, 1.807) is 38.1 Å². The Morgan fingerprint density at radius 3 is 2.17 bits per heavy atom. The maximum Gasteiger partial charge on any atom is 0.232 e. The number of aromatic nitrogens is 6. The van der Waals surface area contributed by atoms with Gasteiger partial charge in [-0.1, -0.05) is 13.8 Å². The van der Waals surface area contributed by atoms with Crippen LogP contribution >= 0.6 is 0 Å². The van der Waals surface area contributed by atoms with Crippen LogP contribution in [0.3, 0.4) is 0 Å². The highest BCUT2D eigenvalue weighted by molar-refractivity contribution is 5.14. The summed E-state index contributed by atoms with van der Waals surface area (Å²) >= 11 is 0. The summed E-state index contributed by atoms with van der Waals surface area (Å²) in [4.78, 5) is 26.6. The fourth-order valence-electron chi connectivity index (χ4n) is 3.75. The van der Waals surface area contributed by atoms with Crippen molar-refractivity contribution in [3.8, 4) is 5.88 Å². The van der Waals surface area contributed by atoms with E-state index in [0.717, 1.165) is 48.5 Å². The molecule has 7 nitrogen and oxygen atoms in total. The number of hydrogen-bond donors (Lipinski definition) is 0. The average molecular weight is 407 g/mol. The summed E-state index contributed by atoms with van der Waals surface area (Å²) in [5.41, 5.74) is 4.09. The van der Waals surface area contributed by atoms with Crippen LogP contribution in [0.5, 0.6) is 5.88 Å². The van der Waals surface area contributed by atoms with Crippen molar-refractivity contribution in [2.24, 2.45) is 0 Å². The molecule has 0 aliphatic heterocycles. The van der Waals surface area contributed by atoms with Crippen molar-refractivity contribution in [1.82, 2.24) is 29.9 Å². The first-order chi connectivity index (χ1) is 14.6. The number of methoxy groups -OCH3 is 1. The van der Waals surface area contributed by atoms with Crippen molar-refractivity contribution in [1.29, 1.82) is 0 Å². The topological polar surface area (TPSA) is 86.6 Å². The summed E-state index contributed by atoms with van der Waals surface area (Å²) in [5.74, 6) is 1.52. The molecule has 0 radical (unpaired) electrons. The highest BCUT2D eigenvalue weighted by Gasteiger charge is 2.19. The first-order valence-corrected chi connectivity index (χ1v) is 10.5. The summed E-state index contributed by atoms with van der Waals surface area (Å²) in [6, 6.07) is 0. The molecular formula is C23H30N6O. The van der Waals surface area contributed by atoms with Gasteiger partial charge in [-0.25, -0.2) is 4.98 Å². The van der Waals surface area contributed by atoms with Gasteiger partial charge in [0.15, 0.2) is 0 Å². The molecule has 0 aromatic carbocycles. The molecular weight excluding hydrogens is 376 g/mol. The van der Waals surface area contributed by atoms with E-state index in [9.17, 15) is 0 Å². The molecule has 0 aliphatic rings. The molecule has 7 heteroatoms. The van der Waals surface area contributed by atoms with Crippen LogP contribution in [0.2, 0.25) is 0 Å². The van der Waals surface area contributed by atoms with E-state index in [0.29, 0.717) is 17.7 Å². The van der Waals surface area contributed by atoms with Gasteiger partial charge in [0.1, 0.15) is 0 Å². The van der Waals surface area contributed by atoms with E-state index < -0.39 is 0 Å². The lowest BCUT2D eigenvalue weighted by Gasteiger charge is -2.21. The highest BCUT2D eigenvalue weighted by atomic mass is 16.5. The molecule has 3 atom stereocenters. The van der Waals surface area contributed by atoms with Crippen molar-refractivity contribution in [3.05, 3.63) is 66.2 Å². The lowest BCUT2D eigenvalue weighted by molar-refractivity contribution is 0.391. The molecule has 0 amide bonds. The fraction of sp³-hybridized carbons (Fsp3) is 0.478. The molecule has 3 aromatic rings. The second kappa shape index (κ2) is 10.7. The predicted octanol–water partition coefficient (Wildman–Crippen LogP) is 4.63. The van der Waals surface area contributed by atoms with Gasteiger partial charge in [-0.05, 0) is 32.6 Å². The number of nitrogens with zero attached hydrogens (tertiary/aromatic N) is 6. The molecule has 0 fully saturated rings. The van der Waals surface area contributed by atoms with Gasteiger partial charge in [0.25, 0.3) is 0 Å². The molecule has 0 aliphatic carbocycles. The normalized spacial score (nSPS) is 14.1. The van der Waals surface area contributed by atoms with Gasteiger partial charge in [-0.15, -0.1) is 0 Å². The Kier molecular flexibility index (Phi) is 7.76. The van der Waals surface area contributed by atoms with E-state index in [4.69, 9.17) is 4.74 Å². The highest BCUT2D eigenvalue weighted by Crippen LogP contribution is 2.32. The lowest BCUT2D eigenvalue weighted by Crippen LogP contribution is -2.09. The second-order valence-corrected chi connectivity index (χ2v) is 7.80. The van der Waals surface area contributed by atoms with Crippen LogP contribution < -0.4 is 4.74 Å². The molecule has 0 saturated heterocycles. The third-order valence-corrected chi connectivity index (χ3v) is 5.63. The Morgan fingerprint density at radius 1 is 0.767 bits per heavy atom. The second-order valence-electron chi connectivity index (χ2n) is 7.80. The smallest absolute Gasteiger partial charge is 0.232 e. The number of aryl methyl sites for hydroxylation is 1. The maximum absolute atomic E-state index is 5.21. The number of hydrogen-bond acceptors (Lipinski definition) is 7. The lowest BCUT2D eigenvalue weighted by atomic mass is 9.87. The van der Waals surface area contributed by atoms with Crippen molar-refractivity contribution < 1.29 is 4.74 Å². The van der Waals surface area contributed by atoms with E-state index in [1.165, 1.54) is 0 Å². The van der Waals surface area contributed by atoms with Crippen LogP contribution in [-0.4, -0.2) is 37.0 Å². The Balaban J connectivity index is 1.66. The molecule has 3 rings (SSSR count). The average Bonchev–Trinajstić information content (AvgIpc) is 2.79. The standard InChI is InChI=1S/C23H30N6O/c1-16(20-13-25-15-22(29-20)30-4)5-7-19(21-14-24-9-10-27-21)8-6-17(2)23-18(3)26-11-12-28-23/h9-17,19H,5-8H2,1-4H3. The van der Waals surface area contributed by atoms with Crippen LogP contribution in [-0.2, 0) is 0 Å². The van der Waals surface area contributed by atoms with Crippen LogP contribution in [0.15, 0.2) is 43.4 Å². The van der Waals surface area contributed by atoms with Gasteiger partial charge in [-0.3, -0.25) is 24.9 Å². The third kappa shape index (κ3) is 5.78. The quantitative estimate of drug-likeness (QED) is 0.485. The van der Waals surface area contributed by atoms with Crippen LogP contribution in [0.25, 0.3) is 0 Å².